The molecule has 0 unspecified atom stereocenters. The number of aliphatic hydroxyl groups excluding tert-OH is 1. The Morgan fingerprint density at radius 3 is 1.36 bits per heavy atom. The average Bonchev–Trinajstić information content (AvgIpc) is 3.04. The molecule has 0 rings (SSSR count). The maximum Gasteiger partial charge on any atom is 0.469 e. The predicted octanol–water partition coefficient (Wildman–Crippen LogP) is 11.4. The third-order valence-corrected chi connectivity index (χ3v) is 9.39. The number of aliphatic hydroxyl groups is 1. The lowest BCUT2D eigenvalue weighted by molar-refractivity contribution is -0.123. The summed E-state index contributed by atoms with van der Waals surface area (Å²) < 4.78 is 15.8. The second kappa shape index (κ2) is 34.9. The minimum absolute atomic E-state index is 0.229. The Hall–Kier alpha value is -0.980. The predicted molar refractivity (Wildman–Crippen MR) is 199 cm³/mol. The van der Waals surface area contributed by atoms with Crippen LogP contribution in [0.4, 0.5) is 0 Å². The van der Waals surface area contributed by atoms with Gasteiger partial charge in [-0.2, -0.15) is 0 Å². The smallest absolute Gasteiger partial charge is 0.387 e. The van der Waals surface area contributed by atoms with Crippen LogP contribution in [0.5, 0.6) is 0 Å². The summed E-state index contributed by atoms with van der Waals surface area (Å²) in [5.74, 6) is -0.229. The molecule has 1 amide bonds. The van der Waals surface area contributed by atoms with E-state index in [1.165, 1.54) is 141 Å². The van der Waals surface area contributed by atoms with Crippen molar-refractivity contribution in [3.05, 3.63) is 24.3 Å². The molecule has 278 valence electrons. The summed E-state index contributed by atoms with van der Waals surface area (Å²) >= 11 is 0. The second-order valence-corrected chi connectivity index (χ2v) is 14.8. The summed E-state index contributed by atoms with van der Waals surface area (Å²) in [6, 6.07) is -0.906. The maximum absolute atomic E-state index is 12.5. The van der Waals surface area contributed by atoms with E-state index < -0.39 is 26.6 Å². The number of carbonyl (C=O) groups excluding carboxylic acids is 1. The lowest BCUT2D eigenvalue weighted by atomic mass is 10.0. The summed E-state index contributed by atoms with van der Waals surface area (Å²) in [6.07, 6.45) is 42.0. The van der Waals surface area contributed by atoms with Crippen LogP contribution < -0.4 is 5.32 Å². The van der Waals surface area contributed by atoms with E-state index in [9.17, 15) is 14.5 Å². The molecule has 47 heavy (non-hydrogen) atoms. The van der Waals surface area contributed by atoms with Crippen LogP contribution in [0.15, 0.2) is 24.3 Å². The Morgan fingerprint density at radius 1 is 0.596 bits per heavy atom. The topological polar surface area (TPSA) is 116 Å². The van der Waals surface area contributed by atoms with Gasteiger partial charge in [0.1, 0.15) is 0 Å². The largest absolute Gasteiger partial charge is 0.469 e. The van der Waals surface area contributed by atoms with E-state index in [-0.39, 0.29) is 5.91 Å². The van der Waals surface area contributed by atoms with Crippen molar-refractivity contribution in [3.63, 3.8) is 0 Å². The van der Waals surface area contributed by atoms with Gasteiger partial charge in [0, 0.05) is 6.42 Å². The van der Waals surface area contributed by atoms with Gasteiger partial charge in [0.15, 0.2) is 0 Å². The molecule has 0 aromatic heterocycles. The minimum Gasteiger partial charge on any atom is -0.387 e. The molecular formula is C39H76NO6P. The molecule has 0 spiro atoms. The summed E-state index contributed by atoms with van der Waals surface area (Å²) in [6.45, 7) is 4.04. The maximum atomic E-state index is 12.5. The molecule has 0 aliphatic rings. The Bertz CT molecular complexity index is 783. The third kappa shape index (κ3) is 36.1. The molecule has 0 aliphatic heterocycles. The van der Waals surface area contributed by atoms with Crippen molar-refractivity contribution in [3.8, 4) is 0 Å². The molecule has 7 nitrogen and oxygen atoms in total. The van der Waals surface area contributed by atoms with Gasteiger partial charge in [0.2, 0.25) is 5.91 Å². The first-order chi connectivity index (χ1) is 22.8. The Balaban J connectivity index is 3.89. The number of amides is 1. The van der Waals surface area contributed by atoms with Crippen LogP contribution in [-0.4, -0.2) is 39.6 Å². The first-order valence-corrected chi connectivity index (χ1v) is 21.3. The van der Waals surface area contributed by atoms with Crippen molar-refractivity contribution < 1.29 is 28.8 Å². The molecule has 0 saturated carbocycles. The first-order valence-electron chi connectivity index (χ1n) is 19.8. The van der Waals surface area contributed by atoms with Crippen LogP contribution in [0, 0.1) is 0 Å². The van der Waals surface area contributed by atoms with Crippen molar-refractivity contribution in [2.24, 2.45) is 0 Å². The van der Waals surface area contributed by atoms with Gasteiger partial charge in [-0.15, -0.1) is 0 Å². The highest BCUT2D eigenvalue weighted by atomic mass is 31.2. The normalized spacial score (nSPS) is 13.6. The van der Waals surface area contributed by atoms with Gasteiger partial charge in [-0.25, -0.2) is 4.57 Å². The van der Waals surface area contributed by atoms with E-state index >= 15 is 0 Å². The molecule has 0 aromatic rings. The van der Waals surface area contributed by atoms with Crippen LogP contribution in [0.3, 0.4) is 0 Å². The lowest BCUT2D eigenvalue weighted by Gasteiger charge is -2.22. The van der Waals surface area contributed by atoms with Gasteiger partial charge < -0.3 is 20.2 Å². The zero-order chi connectivity index (χ0) is 34.7. The fraction of sp³-hybridized carbons (Fsp3) is 0.872. The fourth-order valence-corrected chi connectivity index (χ4v) is 6.22. The van der Waals surface area contributed by atoms with Gasteiger partial charge >= 0.3 is 7.82 Å². The van der Waals surface area contributed by atoms with E-state index in [0.717, 1.165) is 38.5 Å². The van der Waals surface area contributed by atoms with E-state index in [4.69, 9.17) is 9.79 Å². The lowest BCUT2D eigenvalue weighted by Crippen LogP contribution is -2.45. The van der Waals surface area contributed by atoms with Crippen molar-refractivity contribution >= 4 is 13.7 Å². The molecule has 0 aromatic carbocycles. The van der Waals surface area contributed by atoms with Crippen LogP contribution in [0.2, 0.25) is 0 Å². The standard InChI is InChI=1S/C39H76NO6P/c1-3-5-7-9-11-13-15-16-17-18-19-20-21-22-23-24-25-27-29-31-33-35-39(42)40-37(36-46-47(43,44)45)38(41)34-32-30-28-26-14-12-10-8-6-4-2/h16-17,32,34,37-38,41H,3-15,18-31,33,35-36H2,1-2H3,(H,40,42)(H2,43,44,45)/b17-16-,34-32+/t37-,38+/m0/s1. The monoisotopic (exact) mass is 686 g/mol. The van der Waals surface area contributed by atoms with E-state index in [2.05, 4.69) is 35.8 Å². The molecule has 0 radical (unpaired) electrons. The zero-order valence-electron chi connectivity index (χ0n) is 30.7. The highest BCUT2D eigenvalue weighted by Gasteiger charge is 2.24. The molecule has 8 heteroatoms. The van der Waals surface area contributed by atoms with Crippen LogP contribution in [0.1, 0.15) is 200 Å². The van der Waals surface area contributed by atoms with Crippen LogP contribution in [0.25, 0.3) is 0 Å². The highest BCUT2D eigenvalue weighted by molar-refractivity contribution is 7.46. The van der Waals surface area contributed by atoms with E-state index in [1.54, 1.807) is 6.08 Å². The summed E-state index contributed by atoms with van der Waals surface area (Å²) in [5.41, 5.74) is 0. The molecule has 0 aliphatic carbocycles. The first kappa shape index (κ1) is 46.0. The van der Waals surface area contributed by atoms with Crippen molar-refractivity contribution in [2.45, 2.75) is 212 Å². The number of hydrogen-bond donors (Lipinski definition) is 4. The number of nitrogens with one attached hydrogen (secondary N) is 1. The zero-order valence-corrected chi connectivity index (χ0v) is 31.6. The van der Waals surface area contributed by atoms with Gasteiger partial charge in [-0.1, -0.05) is 173 Å². The van der Waals surface area contributed by atoms with Gasteiger partial charge in [-0.05, 0) is 44.9 Å². The van der Waals surface area contributed by atoms with Gasteiger partial charge in [-0.3, -0.25) is 9.32 Å². The van der Waals surface area contributed by atoms with E-state index in [0.29, 0.717) is 6.42 Å². The number of allylic oxidation sites excluding steroid dienone is 3. The quantitative estimate of drug-likeness (QED) is 0.0296. The number of carbonyl (C=O) groups is 1. The molecule has 4 N–H and O–H groups in total. The number of phosphoric acid groups is 1. The third-order valence-electron chi connectivity index (χ3n) is 8.90. The molecular weight excluding hydrogens is 609 g/mol. The van der Waals surface area contributed by atoms with Crippen molar-refractivity contribution in [1.82, 2.24) is 5.32 Å². The minimum atomic E-state index is -4.71. The SMILES string of the molecule is CCCCCCCC/C=C\CCCCCCCCCCCCCC(=O)N[C@@H](COP(=O)(O)O)[C@H](O)/C=C/CCCCCCCCCC. The van der Waals surface area contributed by atoms with Crippen LogP contribution in [-0.2, 0) is 13.9 Å². The number of hydrogen-bond acceptors (Lipinski definition) is 4. The Labute approximate surface area is 290 Å². The summed E-state index contributed by atoms with van der Waals surface area (Å²) in [4.78, 5) is 30.7. The van der Waals surface area contributed by atoms with Crippen LogP contribution >= 0.6 is 7.82 Å². The molecule has 0 heterocycles. The highest BCUT2D eigenvalue weighted by Crippen LogP contribution is 2.35. The molecule has 0 bridgehead atoms. The number of rotatable bonds is 36. The van der Waals surface area contributed by atoms with Crippen molar-refractivity contribution in [1.29, 1.82) is 0 Å². The van der Waals surface area contributed by atoms with Gasteiger partial charge in [0.05, 0.1) is 18.8 Å². The number of phosphoric ester groups is 1. The molecule has 0 fully saturated rings. The average molecular weight is 686 g/mol. The van der Waals surface area contributed by atoms with Gasteiger partial charge in [0.25, 0.3) is 0 Å². The summed E-state index contributed by atoms with van der Waals surface area (Å²) in [5, 5.41) is 13.3. The molecule has 0 saturated heterocycles. The number of unbranched alkanes of at least 4 members (excludes halogenated alkanes) is 25. The second-order valence-electron chi connectivity index (χ2n) is 13.6. The van der Waals surface area contributed by atoms with E-state index in [1.807, 2.05) is 6.08 Å². The Morgan fingerprint density at radius 2 is 0.957 bits per heavy atom. The Kier molecular flexibility index (Phi) is 34.1. The summed E-state index contributed by atoms with van der Waals surface area (Å²) in [7, 11) is -4.71. The van der Waals surface area contributed by atoms with Crippen molar-refractivity contribution in [2.75, 3.05) is 6.61 Å². The molecule has 2 atom stereocenters. The fourth-order valence-electron chi connectivity index (χ4n) is 5.86.